The molecule has 1 aliphatic rings. The summed E-state index contributed by atoms with van der Waals surface area (Å²) in [6.45, 7) is 0.951. The SMILES string of the molecule is O=[N+]([O-])c1c(NCc2ccccc2)ncnc1NCc1ccc2c(c1)OCO2. The normalized spacial score (nSPS) is 11.9. The average Bonchev–Trinajstić information content (AvgIpc) is 3.19. The molecule has 1 aliphatic heterocycles. The van der Waals surface area contributed by atoms with Crippen molar-refractivity contribution in [1.82, 2.24) is 9.97 Å². The minimum absolute atomic E-state index is 0.147. The van der Waals surface area contributed by atoms with Crippen molar-refractivity contribution in [2.24, 2.45) is 0 Å². The van der Waals surface area contributed by atoms with E-state index in [1.807, 2.05) is 42.5 Å². The summed E-state index contributed by atoms with van der Waals surface area (Å²) in [6.07, 6.45) is 1.29. The zero-order valence-electron chi connectivity index (χ0n) is 14.8. The molecule has 0 spiro atoms. The van der Waals surface area contributed by atoms with Crippen LogP contribution in [0.5, 0.6) is 11.5 Å². The Morgan fingerprint density at radius 1 is 0.929 bits per heavy atom. The van der Waals surface area contributed by atoms with Crippen molar-refractivity contribution < 1.29 is 14.4 Å². The second-order valence-electron chi connectivity index (χ2n) is 6.06. The average molecular weight is 379 g/mol. The molecular weight excluding hydrogens is 362 g/mol. The van der Waals surface area contributed by atoms with Crippen LogP contribution in [-0.2, 0) is 13.1 Å². The molecule has 0 atom stereocenters. The predicted octanol–water partition coefficient (Wildman–Crippen LogP) is 3.34. The highest BCUT2D eigenvalue weighted by atomic mass is 16.7. The maximum Gasteiger partial charge on any atom is 0.353 e. The van der Waals surface area contributed by atoms with Gasteiger partial charge in [-0.15, -0.1) is 0 Å². The zero-order chi connectivity index (χ0) is 19.3. The summed E-state index contributed by atoms with van der Waals surface area (Å²) >= 11 is 0. The van der Waals surface area contributed by atoms with Crippen molar-refractivity contribution in [3.8, 4) is 11.5 Å². The molecule has 0 fully saturated rings. The van der Waals surface area contributed by atoms with E-state index >= 15 is 0 Å². The first-order chi connectivity index (χ1) is 13.7. The van der Waals surface area contributed by atoms with E-state index in [1.165, 1.54) is 6.33 Å². The van der Waals surface area contributed by atoms with Gasteiger partial charge in [-0.1, -0.05) is 36.4 Å². The maximum absolute atomic E-state index is 11.6. The highest BCUT2D eigenvalue weighted by Gasteiger charge is 2.23. The maximum atomic E-state index is 11.6. The summed E-state index contributed by atoms with van der Waals surface area (Å²) < 4.78 is 10.6. The van der Waals surface area contributed by atoms with Crippen LogP contribution in [0, 0.1) is 10.1 Å². The first kappa shape index (κ1) is 17.5. The third-order valence-corrected chi connectivity index (χ3v) is 4.20. The van der Waals surface area contributed by atoms with Crippen LogP contribution >= 0.6 is 0 Å². The molecule has 0 unspecified atom stereocenters. The van der Waals surface area contributed by atoms with E-state index in [4.69, 9.17) is 9.47 Å². The van der Waals surface area contributed by atoms with Crippen LogP contribution in [0.2, 0.25) is 0 Å². The van der Waals surface area contributed by atoms with Gasteiger partial charge in [-0.25, -0.2) is 9.97 Å². The molecule has 0 bridgehead atoms. The van der Waals surface area contributed by atoms with Gasteiger partial charge in [0.05, 0.1) is 4.92 Å². The van der Waals surface area contributed by atoms with Gasteiger partial charge in [0.15, 0.2) is 11.5 Å². The van der Waals surface area contributed by atoms with Gasteiger partial charge in [-0.3, -0.25) is 10.1 Å². The topological polar surface area (TPSA) is 111 Å². The molecular formula is C19H17N5O4. The second-order valence-corrected chi connectivity index (χ2v) is 6.06. The van der Waals surface area contributed by atoms with Crippen molar-refractivity contribution in [3.63, 3.8) is 0 Å². The Labute approximate surface area is 160 Å². The van der Waals surface area contributed by atoms with Crippen LogP contribution in [0.15, 0.2) is 54.9 Å². The number of fused-ring (bicyclic) bond motifs is 1. The monoisotopic (exact) mass is 379 g/mol. The van der Waals surface area contributed by atoms with Gasteiger partial charge in [0, 0.05) is 13.1 Å². The number of rotatable bonds is 7. The molecule has 2 N–H and O–H groups in total. The Morgan fingerprint density at radius 2 is 1.61 bits per heavy atom. The Balaban J connectivity index is 1.51. The highest BCUT2D eigenvalue weighted by molar-refractivity contribution is 5.69. The fourth-order valence-corrected chi connectivity index (χ4v) is 2.83. The summed E-state index contributed by atoms with van der Waals surface area (Å²) in [5, 5.41) is 17.7. The first-order valence-corrected chi connectivity index (χ1v) is 8.60. The lowest BCUT2D eigenvalue weighted by Crippen LogP contribution is -2.10. The molecule has 0 amide bonds. The number of nitrogens with zero attached hydrogens (tertiary/aromatic N) is 3. The van der Waals surface area contributed by atoms with Gasteiger partial charge in [-0.2, -0.15) is 0 Å². The van der Waals surface area contributed by atoms with E-state index in [-0.39, 0.29) is 24.1 Å². The van der Waals surface area contributed by atoms with E-state index in [0.29, 0.717) is 24.6 Å². The summed E-state index contributed by atoms with van der Waals surface area (Å²) in [5.41, 5.74) is 1.68. The Morgan fingerprint density at radius 3 is 2.32 bits per heavy atom. The number of hydrogen-bond donors (Lipinski definition) is 2. The molecule has 2 aromatic carbocycles. The van der Waals surface area contributed by atoms with Gasteiger partial charge >= 0.3 is 5.69 Å². The minimum Gasteiger partial charge on any atom is -0.454 e. The Bertz CT molecular complexity index is 997. The summed E-state index contributed by atoms with van der Waals surface area (Å²) in [4.78, 5) is 19.2. The summed E-state index contributed by atoms with van der Waals surface area (Å²) in [7, 11) is 0. The fourth-order valence-electron chi connectivity index (χ4n) is 2.83. The number of nitro groups is 1. The number of ether oxygens (including phenoxy) is 2. The van der Waals surface area contributed by atoms with Crippen molar-refractivity contribution in [2.45, 2.75) is 13.1 Å². The Kier molecular flexibility index (Phi) is 4.87. The van der Waals surface area contributed by atoms with Crippen LogP contribution in [0.1, 0.15) is 11.1 Å². The van der Waals surface area contributed by atoms with Crippen molar-refractivity contribution in [3.05, 3.63) is 76.1 Å². The molecule has 9 nitrogen and oxygen atoms in total. The lowest BCUT2D eigenvalue weighted by molar-refractivity contribution is -0.383. The second kappa shape index (κ2) is 7.78. The highest BCUT2D eigenvalue weighted by Crippen LogP contribution is 2.33. The number of benzene rings is 2. The van der Waals surface area contributed by atoms with Gasteiger partial charge < -0.3 is 20.1 Å². The van der Waals surface area contributed by atoms with E-state index in [1.54, 1.807) is 6.07 Å². The van der Waals surface area contributed by atoms with E-state index in [0.717, 1.165) is 11.1 Å². The third kappa shape index (κ3) is 3.78. The molecule has 4 rings (SSSR count). The van der Waals surface area contributed by atoms with E-state index in [9.17, 15) is 10.1 Å². The fraction of sp³-hybridized carbons (Fsp3) is 0.158. The Hall–Kier alpha value is -3.88. The van der Waals surface area contributed by atoms with Crippen molar-refractivity contribution in [2.75, 3.05) is 17.4 Å². The van der Waals surface area contributed by atoms with E-state index < -0.39 is 4.92 Å². The molecule has 0 saturated heterocycles. The van der Waals surface area contributed by atoms with Gasteiger partial charge in [0.1, 0.15) is 6.33 Å². The predicted molar refractivity (Wildman–Crippen MR) is 102 cm³/mol. The smallest absolute Gasteiger partial charge is 0.353 e. The van der Waals surface area contributed by atoms with Crippen LogP contribution < -0.4 is 20.1 Å². The lowest BCUT2D eigenvalue weighted by Gasteiger charge is -2.10. The van der Waals surface area contributed by atoms with Gasteiger partial charge in [0.2, 0.25) is 18.4 Å². The molecule has 142 valence electrons. The molecule has 3 aromatic rings. The number of hydrogen-bond acceptors (Lipinski definition) is 8. The largest absolute Gasteiger partial charge is 0.454 e. The molecule has 1 aromatic heterocycles. The molecule has 0 saturated carbocycles. The molecule has 0 aliphatic carbocycles. The van der Waals surface area contributed by atoms with Crippen molar-refractivity contribution >= 4 is 17.3 Å². The van der Waals surface area contributed by atoms with Gasteiger partial charge in [-0.05, 0) is 23.3 Å². The molecule has 2 heterocycles. The molecule has 9 heteroatoms. The number of aromatic nitrogens is 2. The van der Waals surface area contributed by atoms with Crippen LogP contribution in [0.4, 0.5) is 17.3 Å². The van der Waals surface area contributed by atoms with E-state index in [2.05, 4.69) is 20.6 Å². The first-order valence-electron chi connectivity index (χ1n) is 8.60. The molecule has 28 heavy (non-hydrogen) atoms. The van der Waals surface area contributed by atoms with Crippen LogP contribution in [0.25, 0.3) is 0 Å². The molecule has 0 radical (unpaired) electrons. The lowest BCUT2D eigenvalue weighted by atomic mass is 10.2. The number of nitrogens with one attached hydrogen (secondary N) is 2. The van der Waals surface area contributed by atoms with Crippen LogP contribution in [-0.4, -0.2) is 21.7 Å². The standard InChI is InChI=1S/C19H17N5O4/c25-24(26)17-18(20-9-13-4-2-1-3-5-13)22-11-23-19(17)21-10-14-6-7-15-16(8-14)28-12-27-15/h1-8,11H,9-10,12H2,(H2,20,21,22,23). The number of anilines is 2. The minimum atomic E-state index is -0.491. The van der Waals surface area contributed by atoms with Gasteiger partial charge in [0.25, 0.3) is 0 Å². The zero-order valence-corrected chi connectivity index (χ0v) is 14.8. The summed E-state index contributed by atoms with van der Waals surface area (Å²) in [5.74, 6) is 1.65. The van der Waals surface area contributed by atoms with Crippen molar-refractivity contribution in [1.29, 1.82) is 0 Å². The third-order valence-electron chi connectivity index (χ3n) is 4.20. The quantitative estimate of drug-likeness (QED) is 0.475. The van der Waals surface area contributed by atoms with Crippen LogP contribution in [0.3, 0.4) is 0 Å². The summed E-state index contributed by atoms with van der Waals surface area (Å²) in [6, 6.07) is 15.1.